The van der Waals surface area contributed by atoms with Crippen LogP contribution in [-0.4, -0.2) is 81.6 Å². The summed E-state index contributed by atoms with van der Waals surface area (Å²) in [6, 6.07) is 7.15. The van der Waals surface area contributed by atoms with E-state index in [2.05, 4.69) is 38.3 Å². The Hall–Kier alpha value is -1.26. The van der Waals surface area contributed by atoms with Crippen molar-refractivity contribution in [3.8, 4) is 11.5 Å². The zero-order valence-corrected chi connectivity index (χ0v) is 21.5. The van der Waals surface area contributed by atoms with Crippen molar-refractivity contribution < 1.29 is 14.2 Å². The van der Waals surface area contributed by atoms with Gasteiger partial charge in [-0.25, -0.2) is 0 Å². The van der Waals surface area contributed by atoms with Crippen molar-refractivity contribution in [2.24, 2.45) is 4.99 Å². The van der Waals surface area contributed by atoms with Crippen molar-refractivity contribution in [3.05, 3.63) is 23.8 Å². The van der Waals surface area contributed by atoms with Crippen LogP contribution in [0.2, 0.25) is 0 Å². The maximum Gasteiger partial charge on any atom is 0.231 e. The largest absolute Gasteiger partial charge is 0.454 e. The summed E-state index contributed by atoms with van der Waals surface area (Å²) < 4.78 is 16.8. The van der Waals surface area contributed by atoms with Gasteiger partial charge in [0.25, 0.3) is 0 Å². The molecule has 4 aliphatic rings. The van der Waals surface area contributed by atoms with Crippen LogP contribution in [-0.2, 0) is 10.2 Å². The van der Waals surface area contributed by atoms with Gasteiger partial charge in [-0.15, -0.1) is 24.0 Å². The standard InChI is InChI=1S/C24H36N4O3.HI/c1-25-23(28-10-7-20(16-28)27-11-13-29-14-12-27)26-17-24(8-3-2-4-9-24)19-5-6-21-22(15-19)31-18-30-21;/h5-6,15,20H,2-4,7-14,16-18H2,1H3,(H,25,26);1H. The van der Waals surface area contributed by atoms with E-state index in [0.717, 1.165) is 63.4 Å². The first kappa shape index (κ1) is 23.9. The van der Waals surface area contributed by atoms with E-state index in [0.29, 0.717) is 12.8 Å². The Morgan fingerprint density at radius 2 is 1.88 bits per heavy atom. The van der Waals surface area contributed by atoms with Gasteiger partial charge in [-0.3, -0.25) is 9.89 Å². The third-order valence-electron chi connectivity index (χ3n) is 7.62. The summed E-state index contributed by atoms with van der Waals surface area (Å²) >= 11 is 0. The molecule has 3 fully saturated rings. The molecule has 1 N–H and O–H groups in total. The molecular weight excluding hydrogens is 519 g/mol. The van der Waals surface area contributed by atoms with E-state index in [1.54, 1.807) is 0 Å². The lowest BCUT2D eigenvalue weighted by atomic mass is 9.69. The first-order valence-corrected chi connectivity index (χ1v) is 11.9. The number of guanidine groups is 1. The average Bonchev–Trinajstić information content (AvgIpc) is 3.50. The summed E-state index contributed by atoms with van der Waals surface area (Å²) in [6.45, 7) is 7.20. The Bertz CT molecular complexity index is 793. The second-order valence-corrected chi connectivity index (χ2v) is 9.35. The van der Waals surface area contributed by atoms with Crippen molar-refractivity contribution >= 4 is 29.9 Å². The van der Waals surface area contributed by atoms with Gasteiger partial charge in [0, 0.05) is 51.2 Å². The van der Waals surface area contributed by atoms with Crippen LogP contribution in [0.25, 0.3) is 0 Å². The number of morpholine rings is 1. The van der Waals surface area contributed by atoms with Crippen molar-refractivity contribution in [2.75, 3.05) is 59.8 Å². The molecule has 0 radical (unpaired) electrons. The van der Waals surface area contributed by atoms with Crippen LogP contribution in [0.5, 0.6) is 11.5 Å². The van der Waals surface area contributed by atoms with E-state index < -0.39 is 0 Å². The van der Waals surface area contributed by atoms with E-state index in [1.165, 1.54) is 44.1 Å². The van der Waals surface area contributed by atoms with E-state index in [1.807, 2.05) is 7.05 Å². The molecule has 5 rings (SSSR count). The van der Waals surface area contributed by atoms with Gasteiger partial charge >= 0.3 is 0 Å². The summed E-state index contributed by atoms with van der Waals surface area (Å²) in [5.41, 5.74) is 1.49. The third-order valence-corrected chi connectivity index (χ3v) is 7.62. The molecule has 8 heteroatoms. The molecule has 1 saturated carbocycles. The SMILES string of the molecule is CN=C(NCC1(c2ccc3c(c2)OCO3)CCCCC1)N1CCC(N2CCOCC2)C1.I. The number of likely N-dealkylation sites (tertiary alicyclic amines) is 1. The van der Waals surface area contributed by atoms with Crippen LogP contribution >= 0.6 is 24.0 Å². The van der Waals surface area contributed by atoms with Gasteiger partial charge in [0.05, 0.1) is 13.2 Å². The first-order chi connectivity index (χ1) is 15.3. The smallest absolute Gasteiger partial charge is 0.231 e. The highest BCUT2D eigenvalue weighted by Gasteiger charge is 2.36. The molecule has 2 saturated heterocycles. The number of fused-ring (bicyclic) bond motifs is 1. The molecular formula is C24H37IN4O3. The van der Waals surface area contributed by atoms with Gasteiger partial charge in [0.1, 0.15) is 0 Å². The van der Waals surface area contributed by atoms with E-state index in [-0.39, 0.29) is 29.4 Å². The van der Waals surface area contributed by atoms with Crippen molar-refractivity contribution in [1.29, 1.82) is 0 Å². The second-order valence-electron chi connectivity index (χ2n) is 9.35. The highest BCUT2D eigenvalue weighted by Crippen LogP contribution is 2.43. The molecule has 1 unspecified atom stereocenters. The van der Waals surface area contributed by atoms with Crippen LogP contribution in [0.4, 0.5) is 0 Å². The van der Waals surface area contributed by atoms with Gasteiger partial charge in [-0.05, 0) is 37.0 Å². The lowest BCUT2D eigenvalue weighted by molar-refractivity contribution is 0.0194. The fraction of sp³-hybridized carbons (Fsp3) is 0.708. The number of ether oxygens (including phenoxy) is 3. The maximum absolute atomic E-state index is 5.68. The van der Waals surface area contributed by atoms with Gasteiger partial charge in [-0.2, -0.15) is 0 Å². The lowest BCUT2D eigenvalue weighted by Gasteiger charge is -2.39. The first-order valence-electron chi connectivity index (χ1n) is 11.9. The lowest BCUT2D eigenvalue weighted by Crippen LogP contribution is -2.49. The minimum absolute atomic E-state index is 0. The highest BCUT2D eigenvalue weighted by molar-refractivity contribution is 14.0. The molecule has 0 bridgehead atoms. The highest BCUT2D eigenvalue weighted by atomic mass is 127. The summed E-state index contributed by atoms with van der Waals surface area (Å²) in [5.74, 6) is 2.80. The van der Waals surface area contributed by atoms with Crippen LogP contribution in [0.3, 0.4) is 0 Å². The normalized spacial score (nSPS) is 25.5. The minimum Gasteiger partial charge on any atom is -0.454 e. The van der Waals surface area contributed by atoms with Gasteiger partial charge < -0.3 is 24.4 Å². The Morgan fingerprint density at radius 3 is 2.66 bits per heavy atom. The summed E-state index contributed by atoms with van der Waals surface area (Å²) in [5, 5.41) is 3.77. The quantitative estimate of drug-likeness (QED) is 0.350. The molecule has 0 aromatic heterocycles. The van der Waals surface area contributed by atoms with Crippen LogP contribution in [0, 0.1) is 0 Å². The fourth-order valence-corrected chi connectivity index (χ4v) is 5.78. The zero-order chi connectivity index (χ0) is 21.1. The number of hydrogen-bond acceptors (Lipinski definition) is 5. The molecule has 3 heterocycles. The summed E-state index contributed by atoms with van der Waals surface area (Å²) in [4.78, 5) is 9.69. The fourth-order valence-electron chi connectivity index (χ4n) is 5.78. The monoisotopic (exact) mass is 556 g/mol. The molecule has 1 aromatic carbocycles. The number of nitrogens with zero attached hydrogens (tertiary/aromatic N) is 3. The Kier molecular flexibility index (Phi) is 8.04. The number of halogens is 1. The molecule has 0 spiro atoms. The number of nitrogens with one attached hydrogen (secondary N) is 1. The molecule has 1 atom stereocenters. The molecule has 0 amide bonds. The average molecular weight is 556 g/mol. The number of aliphatic imine (C=N–C) groups is 1. The second kappa shape index (κ2) is 10.8. The predicted molar refractivity (Wildman–Crippen MR) is 136 cm³/mol. The molecule has 3 aliphatic heterocycles. The number of hydrogen-bond donors (Lipinski definition) is 1. The summed E-state index contributed by atoms with van der Waals surface area (Å²) in [6.07, 6.45) is 7.48. The molecule has 32 heavy (non-hydrogen) atoms. The third kappa shape index (κ3) is 4.97. The minimum atomic E-state index is 0. The van der Waals surface area contributed by atoms with Gasteiger partial charge in [0.2, 0.25) is 6.79 Å². The summed E-state index contributed by atoms with van der Waals surface area (Å²) in [7, 11) is 1.92. The van der Waals surface area contributed by atoms with Crippen molar-refractivity contribution in [1.82, 2.24) is 15.1 Å². The number of rotatable bonds is 4. The van der Waals surface area contributed by atoms with E-state index in [4.69, 9.17) is 14.2 Å². The van der Waals surface area contributed by atoms with Gasteiger partial charge in [-0.1, -0.05) is 25.3 Å². The maximum atomic E-state index is 5.68. The van der Waals surface area contributed by atoms with Crippen LogP contribution < -0.4 is 14.8 Å². The topological polar surface area (TPSA) is 58.6 Å². The molecule has 178 valence electrons. The van der Waals surface area contributed by atoms with Gasteiger partial charge in [0.15, 0.2) is 17.5 Å². The van der Waals surface area contributed by atoms with Crippen LogP contribution in [0.1, 0.15) is 44.1 Å². The van der Waals surface area contributed by atoms with Crippen molar-refractivity contribution in [3.63, 3.8) is 0 Å². The zero-order valence-electron chi connectivity index (χ0n) is 19.2. The molecule has 1 aromatic rings. The number of benzene rings is 1. The predicted octanol–water partition coefficient (Wildman–Crippen LogP) is 3.22. The van der Waals surface area contributed by atoms with E-state index >= 15 is 0 Å². The molecule has 1 aliphatic carbocycles. The molecule has 7 nitrogen and oxygen atoms in total. The Labute approximate surface area is 208 Å². The van der Waals surface area contributed by atoms with Crippen molar-refractivity contribution in [2.45, 2.75) is 50.0 Å². The Morgan fingerprint density at radius 1 is 1.09 bits per heavy atom. The van der Waals surface area contributed by atoms with E-state index in [9.17, 15) is 0 Å². The van der Waals surface area contributed by atoms with Crippen LogP contribution in [0.15, 0.2) is 23.2 Å². The Balaban J connectivity index is 0.00000245.